The van der Waals surface area contributed by atoms with Crippen LogP contribution in [0.25, 0.3) is 33.6 Å². The highest BCUT2D eigenvalue weighted by atomic mass is 35.5. The van der Waals surface area contributed by atoms with Gasteiger partial charge in [-0.2, -0.15) is 13.2 Å². The maximum absolute atomic E-state index is 13.1. The number of nitrogens with zero attached hydrogens (tertiary/aromatic N) is 4. The van der Waals surface area contributed by atoms with Gasteiger partial charge in [0.2, 0.25) is 5.95 Å². The molecule has 11 heteroatoms. The lowest BCUT2D eigenvalue weighted by Gasteiger charge is -2.10. The predicted octanol–water partition coefficient (Wildman–Crippen LogP) is 7.72. The summed E-state index contributed by atoms with van der Waals surface area (Å²) >= 11 is 6.06. The second-order valence-corrected chi connectivity index (χ2v) is 9.01. The van der Waals surface area contributed by atoms with Crippen molar-refractivity contribution in [3.63, 3.8) is 0 Å². The SMILES string of the molecule is Cn1c(Nc2cccc(C(F)(F)F)c2)nc2cc(Oc3ccnc(-c4nc5cc(Cl)ccc5[nH]4)c3)ccc21. The van der Waals surface area contributed by atoms with Gasteiger partial charge >= 0.3 is 6.18 Å². The summed E-state index contributed by atoms with van der Waals surface area (Å²) in [4.78, 5) is 16.7. The van der Waals surface area contributed by atoms with Gasteiger partial charge < -0.3 is 19.6 Å². The molecule has 0 radical (unpaired) electrons. The molecule has 2 N–H and O–H groups in total. The summed E-state index contributed by atoms with van der Waals surface area (Å²) in [6.45, 7) is 0. The fourth-order valence-corrected chi connectivity index (χ4v) is 4.26. The van der Waals surface area contributed by atoms with E-state index in [1.807, 2.05) is 12.1 Å². The van der Waals surface area contributed by atoms with Gasteiger partial charge in [0, 0.05) is 36.1 Å². The van der Waals surface area contributed by atoms with Crippen molar-refractivity contribution in [1.29, 1.82) is 0 Å². The monoisotopic (exact) mass is 534 g/mol. The Balaban J connectivity index is 1.25. The van der Waals surface area contributed by atoms with E-state index in [1.165, 1.54) is 6.07 Å². The van der Waals surface area contributed by atoms with Gasteiger partial charge in [-0.3, -0.25) is 4.98 Å². The number of fused-ring (bicyclic) bond motifs is 2. The molecule has 0 aliphatic carbocycles. The summed E-state index contributed by atoms with van der Waals surface area (Å²) in [6.07, 6.45) is -2.80. The number of rotatable bonds is 5. The maximum atomic E-state index is 13.1. The molecule has 0 bridgehead atoms. The third kappa shape index (κ3) is 4.61. The number of imidazole rings is 2. The molecule has 3 heterocycles. The molecule has 190 valence electrons. The lowest BCUT2D eigenvalue weighted by Crippen LogP contribution is -2.06. The number of nitrogens with one attached hydrogen (secondary N) is 2. The average Bonchev–Trinajstić information content (AvgIpc) is 3.44. The van der Waals surface area contributed by atoms with Crippen LogP contribution in [-0.4, -0.2) is 24.5 Å². The minimum Gasteiger partial charge on any atom is -0.457 e. The zero-order valence-corrected chi connectivity index (χ0v) is 20.5. The number of H-pyrrole nitrogens is 1. The molecule has 6 aromatic rings. The number of hydrogen-bond acceptors (Lipinski definition) is 5. The van der Waals surface area contributed by atoms with E-state index in [-0.39, 0.29) is 5.69 Å². The van der Waals surface area contributed by atoms with Crippen molar-refractivity contribution in [3.05, 3.63) is 89.6 Å². The highest BCUT2D eigenvalue weighted by Crippen LogP contribution is 2.33. The van der Waals surface area contributed by atoms with Crippen molar-refractivity contribution >= 4 is 45.3 Å². The highest BCUT2D eigenvalue weighted by Gasteiger charge is 2.30. The first kappa shape index (κ1) is 23.8. The molecule has 0 saturated carbocycles. The number of hydrogen-bond donors (Lipinski definition) is 2. The lowest BCUT2D eigenvalue weighted by molar-refractivity contribution is -0.137. The molecule has 0 fully saturated rings. The molecule has 0 unspecified atom stereocenters. The van der Waals surface area contributed by atoms with Crippen LogP contribution in [0.15, 0.2) is 79.0 Å². The van der Waals surface area contributed by atoms with E-state index >= 15 is 0 Å². The molecule has 0 saturated heterocycles. The van der Waals surface area contributed by atoms with Crippen LogP contribution in [0.4, 0.5) is 24.8 Å². The quantitative estimate of drug-likeness (QED) is 0.237. The molecule has 0 atom stereocenters. The van der Waals surface area contributed by atoms with Crippen molar-refractivity contribution < 1.29 is 17.9 Å². The molecule has 7 nitrogen and oxygen atoms in total. The van der Waals surface area contributed by atoms with Crippen molar-refractivity contribution in [2.45, 2.75) is 6.18 Å². The highest BCUT2D eigenvalue weighted by molar-refractivity contribution is 6.31. The smallest absolute Gasteiger partial charge is 0.416 e. The zero-order chi connectivity index (χ0) is 26.4. The Kier molecular flexibility index (Phi) is 5.68. The molecule has 3 aromatic heterocycles. The molecule has 0 aliphatic heterocycles. The van der Waals surface area contributed by atoms with Gasteiger partial charge in [0.1, 0.15) is 17.2 Å². The molecular weight excluding hydrogens is 517 g/mol. The first-order valence-electron chi connectivity index (χ1n) is 11.4. The number of benzene rings is 3. The van der Waals surface area contributed by atoms with Crippen LogP contribution in [0.5, 0.6) is 11.5 Å². The summed E-state index contributed by atoms with van der Waals surface area (Å²) in [5.74, 6) is 2.06. The number of halogens is 4. The Hall–Kier alpha value is -4.57. The van der Waals surface area contributed by atoms with Gasteiger partial charge in [-0.25, -0.2) is 9.97 Å². The third-order valence-corrected chi connectivity index (χ3v) is 6.19. The Morgan fingerprint density at radius 3 is 2.61 bits per heavy atom. The number of ether oxygens (including phenoxy) is 1. The first-order chi connectivity index (χ1) is 18.2. The van der Waals surface area contributed by atoms with Gasteiger partial charge in [0.15, 0.2) is 5.82 Å². The van der Waals surface area contributed by atoms with Crippen LogP contribution in [0.1, 0.15) is 5.56 Å². The van der Waals surface area contributed by atoms with Crippen LogP contribution in [0, 0.1) is 0 Å². The van der Waals surface area contributed by atoms with Crippen molar-refractivity contribution in [2.24, 2.45) is 7.05 Å². The first-order valence-corrected chi connectivity index (χ1v) is 11.8. The van der Waals surface area contributed by atoms with E-state index in [0.717, 1.165) is 28.7 Å². The van der Waals surface area contributed by atoms with Crippen LogP contribution in [-0.2, 0) is 13.2 Å². The summed E-state index contributed by atoms with van der Waals surface area (Å²) in [6, 6.07) is 19.3. The molecule has 0 spiro atoms. The largest absolute Gasteiger partial charge is 0.457 e. The van der Waals surface area contributed by atoms with Gasteiger partial charge in [0.05, 0.1) is 27.6 Å². The number of alkyl halides is 3. The van der Waals surface area contributed by atoms with Gasteiger partial charge in [-0.05, 0) is 54.6 Å². The number of aromatic amines is 1. The van der Waals surface area contributed by atoms with Crippen LogP contribution in [0.2, 0.25) is 5.02 Å². The standard InChI is InChI=1S/C27H18ClF3N6O/c1-37-24-8-6-18(13-22(24)36-26(37)33-17-4-2-3-15(11-17)27(29,30)31)38-19-9-10-32-23(14-19)25-34-20-7-5-16(28)12-21(20)35-25/h2-14H,1H3,(H,33,36)(H,34,35). The van der Waals surface area contributed by atoms with E-state index in [2.05, 4.69) is 25.3 Å². The second kappa shape index (κ2) is 9.07. The van der Waals surface area contributed by atoms with E-state index in [0.29, 0.717) is 39.5 Å². The van der Waals surface area contributed by atoms with E-state index in [4.69, 9.17) is 16.3 Å². The predicted molar refractivity (Wildman–Crippen MR) is 140 cm³/mol. The fraction of sp³-hybridized carbons (Fsp3) is 0.0741. The van der Waals surface area contributed by atoms with E-state index in [1.54, 1.807) is 60.3 Å². The maximum Gasteiger partial charge on any atom is 0.416 e. The molecule has 0 amide bonds. The minimum atomic E-state index is -4.43. The molecule has 0 aliphatic rings. The Labute approximate surface area is 218 Å². The normalized spacial score (nSPS) is 11.8. The molecular formula is C27H18ClF3N6O. The lowest BCUT2D eigenvalue weighted by atomic mass is 10.2. The summed E-state index contributed by atoms with van der Waals surface area (Å²) < 4.78 is 47.1. The minimum absolute atomic E-state index is 0.284. The number of pyridine rings is 1. The van der Waals surface area contributed by atoms with Crippen molar-refractivity contribution in [3.8, 4) is 23.0 Å². The third-order valence-electron chi connectivity index (χ3n) is 5.95. The molecule has 3 aromatic carbocycles. The van der Waals surface area contributed by atoms with Crippen LogP contribution < -0.4 is 10.1 Å². The topological polar surface area (TPSA) is 80.7 Å². The zero-order valence-electron chi connectivity index (χ0n) is 19.7. The van der Waals surface area contributed by atoms with Gasteiger partial charge in [-0.15, -0.1) is 0 Å². The number of anilines is 2. The summed E-state index contributed by atoms with van der Waals surface area (Å²) in [5.41, 5.74) is 3.11. The van der Waals surface area contributed by atoms with Gasteiger partial charge in [-0.1, -0.05) is 17.7 Å². The number of aromatic nitrogens is 5. The van der Waals surface area contributed by atoms with E-state index in [9.17, 15) is 13.2 Å². The Morgan fingerprint density at radius 1 is 0.921 bits per heavy atom. The number of aryl methyl sites for hydroxylation is 1. The Bertz CT molecular complexity index is 1810. The van der Waals surface area contributed by atoms with Crippen molar-refractivity contribution in [2.75, 3.05) is 5.32 Å². The molecule has 38 heavy (non-hydrogen) atoms. The van der Waals surface area contributed by atoms with Gasteiger partial charge in [0.25, 0.3) is 0 Å². The van der Waals surface area contributed by atoms with E-state index < -0.39 is 11.7 Å². The average molecular weight is 535 g/mol. The van der Waals surface area contributed by atoms with Crippen molar-refractivity contribution in [1.82, 2.24) is 24.5 Å². The van der Waals surface area contributed by atoms with Crippen LogP contribution in [0.3, 0.4) is 0 Å². The Morgan fingerprint density at radius 2 is 1.76 bits per heavy atom. The fourth-order valence-electron chi connectivity index (χ4n) is 4.10. The molecule has 6 rings (SSSR count). The summed E-state index contributed by atoms with van der Waals surface area (Å²) in [5, 5.41) is 3.56. The van der Waals surface area contributed by atoms with Crippen LogP contribution >= 0.6 is 11.6 Å². The summed E-state index contributed by atoms with van der Waals surface area (Å²) in [7, 11) is 1.78. The second-order valence-electron chi connectivity index (χ2n) is 8.57.